The Kier molecular flexibility index (Phi) is 7.76. The maximum absolute atomic E-state index is 6.97. The third kappa shape index (κ3) is 5.56. The standard InChI is InChI=1S/C46H34Cl2N2O2/c1-46(2,3)29-18-20-30(21-19-29)50(40-15-9-14-39(47)45(40)48)32-11-8-10-31(26-32)49(33-22-24-43-37(27-33)35-12-4-6-16-41(35)51-43)34-23-25-44-38(28-34)36-13-5-7-17-42(36)52-44/h4-28H,1-3H3. The lowest BCUT2D eigenvalue weighted by Gasteiger charge is -2.30. The fraction of sp³-hybridized carbons (Fsp3) is 0.0870. The van der Waals surface area contributed by atoms with E-state index in [0.717, 1.165) is 78.0 Å². The molecule has 2 heterocycles. The predicted octanol–water partition coefficient (Wildman–Crippen LogP) is 15.0. The lowest BCUT2D eigenvalue weighted by atomic mass is 9.87. The van der Waals surface area contributed by atoms with Gasteiger partial charge in [-0.3, -0.25) is 0 Å². The summed E-state index contributed by atoms with van der Waals surface area (Å²) in [6, 6.07) is 52.1. The van der Waals surface area contributed by atoms with Crippen LogP contribution in [0.25, 0.3) is 43.9 Å². The van der Waals surface area contributed by atoms with Crippen molar-refractivity contribution in [3.05, 3.63) is 167 Å². The largest absolute Gasteiger partial charge is 0.456 e. The van der Waals surface area contributed by atoms with Crippen molar-refractivity contribution in [1.82, 2.24) is 0 Å². The number of rotatable bonds is 6. The summed E-state index contributed by atoms with van der Waals surface area (Å²) in [4.78, 5) is 4.45. The summed E-state index contributed by atoms with van der Waals surface area (Å²) >= 11 is 13.6. The molecule has 0 fully saturated rings. The molecule has 0 saturated heterocycles. The maximum Gasteiger partial charge on any atom is 0.135 e. The first-order chi connectivity index (χ1) is 25.2. The number of halogens is 2. The monoisotopic (exact) mass is 716 g/mol. The summed E-state index contributed by atoms with van der Waals surface area (Å²) in [5.41, 5.74) is 10.3. The predicted molar refractivity (Wildman–Crippen MR) is 219 cm³/mol. The molecule has 0 saturated carbocycles. The molecule has 0 bridgehead atoms. The van der Waals surface area contributed by atoms with Gasteiger partial charge in [0.25, 0.3) is 0 Å². The van der Waals surface area contributed by atoms with Gasteiger partial charge >= 0.3 is 0 Å². The minimum Gasteiger partial charge on any atom is -0.456 e. The smallest absolute Gasteiger partial charge is 0.135 e. The van der Waals surface area contributed by atoms with Crippen LogP contribution in [0, 0.1) is 0 Å². The molecule has 52 heavy (non-hydrogen) atoms. The van der Waals surface area contributed by atoms with E-state index >= 15 is 0 Å². The Bertz CT molecular complexity index is 2660. The molecule has 0 atom stereocenters. The normalized spacial score (nSPS) is 11.9. The maximum atomic E-state index is 6.97. The Labute approximate surface area is 312 Å². The van der Waals surface area contributed by atoms with E-state index in [2.05, 4.69) is 128 Å². The summed E-state index contributed by atoms with van der Waals surface area (Å²) in [6.07, 6.45) is 0. The minimum absolute atomic E-state index is 0.0142. The van der Waals surface area contributed by atoms with Gasteiger partial charge in [-0.25, -0.2) is 0 Å². The zero-order valence-electron chi connectivity index (χ0n) is 28.9. The molecule has 6 heteroatoms. The van der Waals surface area contributed by atoms with Crippen LogP contribution in [-0.4, -0.2) is 0 Å². The van der Waals surface area contributed by atoms with Crippen LogP contribution >= 0.6 is 23.2 Å². The Morgan fingerprint density at radius 3 is 1.48 bits per heavy atom. The van der Waals surface area contributed by atoms with Crippen molar-refractivity contribution in [2.45, 2.75) is 26.2 Å². The highest BCUT2D eigenvalue weighted by molar-refractivity contribution is 6.44. The molecule has 0 amide bonds. The SMILES string of the molecule is CC(C)(C)c1ccc(N(c2cccc(N(c3ccc4oc5ccccc5c4c3)c3ccc4oc5ccccc5c4c3)c2)c2cccc(Cl)c2Cl)cc1. The van der Waals surface area contributed by atoms with Gasteiger partial charge in [0, 0.05) is 50.0 Å². The minimum atomic E-state index is 0.0142. The second kappa shape index (κ2) is 12.5. The van der Waals surface area contributed by atoms with Gasteiger partial charge in [0.1, 0.15) is 22.3 Å². The van der Waals surface area contributed by atoms with E-state index < -0.39 is 0 Å². The van der Waals surface area contributed by atoms with Crippen LogP contribution in [0.3, 0.4) is 0 Å². The average molecular weight is 718 g/mol. The Hall–Kier alpha value is -5.68. The highest BCUT2D eigenvalue weighted by Crippen LogP contribution is 2.46. The van der Waals surface area contributed by atoms with E-state index in [1.165, 1.54) is 5.56 Å². The molecule has 0 radical (unpaired) electrons. The summed E-state index contributed by atoms with van der Waals surface area (Å²) < 4.78 is 12.5. The van der Waals surface area contributed by atoms with Crippen molar-refractivity contribution in [2.24, 2.45) is 0 Å². The van der Waals surface area contributed by atoms with Crippen molar-refractivity contribution >= 4 is 101 Å². The molecule has 2 aromatic heterocycles. The van der Waals surface area contributed by atoms with Crippen molar-refractivity contribution in [3.8, 4) is 0 Å². The molecule has 0 aliphatic heterocycles. The third-order valence-electron chi connectivity index (χ3n) is 9.75. The van der Waals surface area contributed by atoms with E-state index in [0.29, 0.717) is 10.0 Å². The number of hydrogen-bond acceptors (Lipinski definition) is 4. The number of para-hydroxylation sites is 2. The number of furan rings is 2. The summed E-state index contributed by atoms with van der Waals surface area (Å²) in [6.45, 7) is 6.66. The lowest BCUT2D eigenvalue weighted by molar-refractivity contribution is 0.590. The highest BCUT2D eigenvalue weighted by atomic mass is 35.5. The van der Waals surface area contributed by atoms with Gasteiger partial charge < -0.3 is 18.6 Å². The summed E-state index contributed by atoms with van der Waals surface area (Å²) in [5.74, 6) is 0. The molecule has 0 aliphatic carbocycles. The Balaban J connectivity index is 1.26. The second-order valence-electron chi connectivity index (χ2n) is 14.1. The van der Waals surface area contributed by atoms with Crippen LogP contribution in [0.5, 0.6) is 0 Å². The topological polar surface area (TPSA) is 32.8 Å². The van der Waals surface area contributed by atoms with E-state index in [-0.39, 0.29) is 5.41 Å². The number of hydrogen-bond donors (Lipinski definition) is 0. The number of benzene rings is 7. The fourth-order valence-electron chi connectivity index (χ4n) is 7.13. The van der Waals surface area contributed by atoms with Crippen LogP contribution in [0.15, 0.2) is 160 Å². The molecule has 9 aromatic rings. The van der Waals surface area contributed by atoms with E-state index in [9.17, 15) is 0 Å². The lowest BCUT2D eigenvalue weighted by Crippen LogP contribution is -2.14. The average Bonchev–Trinajstić information content (AvgIpc) is 3.72. The summed E-state index contributed by atoms with van der Waals surface area (Å²) in [7, 11) is 0. The van der Waals surface area contributed by atoms with Crippen LogP contribution in [0.4, 0.5) is 34.1 Å². The van der Waals surface area contributed by atoms with E-state index in [1.807, 2.05) is 54.6 Å². The zero-order valence-corrected chi connectivity index (χ0v) is 30.4. The number of anilines is 6. The first-order valence-corrected chi connectivity index (χ1v) is 18.1. The van der Waals surface area contributed by atoms with Crippen LogP contribution in [0.1, 0.15) is 26.3 Å². The van der Waals surface area contributed by atoms with Gasteiger partial charge in [0.2, 0.25) is 0 Å². The molecule has 7 aromatic carbocycles. The highest BCUT2D eigenvalue weighted by Gasteiger charge is 2.22. The number of nitrogens with zero attached hydrogens (tertiary/aromatic N) is 2. The first-order valence-electron chi connectivity index (χ1n) is 17.3. The van der Waals surface area contributed by atoms with Gasteiger partial charge in [0.05, 0.1) is 15.7 Å². The molecule has 0 spiro atoms. The molecule has 9 rings (SSSR count). The van der Waals surface area contributed by atoms with Crippen LogP contribution in [-0.2, 0) is 5.41 Å². The van der Waals surface area contributed by atoms with E-state index in [4.69, 9.17) is 32.0 Å². The van der Waals surface area contributed by atoms with Crippen molar-refractivity contribution < 1.29 is 8.83 Å². The van der Waals surface area contributed by atoms with Crippen molar-refractivity contribution in [1.29, 1.82) is 0 Å². The second-order valence-corrected chi connectivity index (χ2v) is 14.9. The molecule has 0 aliphatic rings. The zero-order chi connectivity index (χ0) is 35.6. The van der Waals surface area contributed by atoms with Gasteiger partial charge in [-0.1, -0.05) is 105 Å². The molecule has 254 valence electrons. The van der Waals surface area contributed by atoms with Crippen LogP contribution < -0.4 is 9.80 Å². The number of fused-ring (bicyclic) bond motifs is 6. The van der Waals surface area contributed by atoms with Gasteiger partial charge in [-0.2, -0.15) is 0 Å². The van der Waals surface area contributed by atoms with Crippen LogP contribution in [0.2, 0.25) is 10.0 Å². The Morgan fingerprint density at radius 1 is 0.423 bits per heavy atom. The first kappa shape index (κ1) is 32.2. The van der Waals surface area contributed by atoms with Crippen molar-refractivity contribution in [3.63, 3.8) is 0 Å². The molecule has 4 nitrogen and oxygen atoms in total. The summed E-state index contributed by atoms with van der Waals surface area (Å²) in [5, 5.41) is 5.23. The van der Waals surface area contributed by atoms with Gasteiger partial charge in [-0.15, -0.1) is 0 Å². The Morgan fingerprint density at radius 2 is 0.904 bits per heavy atom. The molecule has 0 unspecified atom stereocenters. The van der Waals surface area contributed by atoms with Gasteiger partial charge in [-0.05, 0) is 102 Å². The molecular formula is C46H34Cl2N2O2. The quantitative estimate of drug-likeness (QED) is 0.171. The van der Waals surface area contributed by atoms with Crippen molar-refractivity contribution in [2.75, 3.05) is 9.80 Å². The fourth-order valence-corrected chi connectivity index (χ4v) is 7.51. The molecular weight excluding hydrogens is 683 g/mol. The molecule has 0 N–H and O–H groups in total. The third-order valence-corrected chi connectivity index (χ3v) is 10.6. The van der Waals surface area contributed by atoms with Gasteiger partial charge in [0.15, 0.2) is 0 Å². The van der Waals surface area contributed by atoms with E-state index in [1.54, 1.807) is 0 Å².